The third-order valence-corrected chi connectivity index (χ3v) is 4.44. The van der Waals surface area contributed by atoms with Crippen LogP contribution >= 0.6 is 0 Å². The second-order valence-corrected chi connectivity index (χ2v) is 6.89. The van der Waals surface area contributed by atoms with Crippen molar-refractivity contribution in [2.75, 3.05) is 5.73 Å². The number of aromatic nitrogens is 3. The number of fused-ring (bicyclic) bond motifs is 1. The lowest BCUT2D eigenvalue weighted by Crippen LogP contribution is -2.16. The van der Waals surface area contributed by atoms with E-state index < -0.39 is 51.9 Å². The summed E-state index contributed by atoms with van der Waals surface area (Å²) in [7, 11) is 0. The van der Waals surface area contributed by atoms with Gasteiger partial charge >= 0.3 is 12.4 Å². The van der Waals surface area contributed by atoms with Gasteiger partial charge in [0, 0.05) is 6.92 Å². The number of benzene rings is 1. The maximum absolute atomic E-state index is 13.7. The van der Waals surface area contributed by atoms with E-state index in [1.165, 1.54) is 13.8 Å². The summed E-state index contributed by atoms with van der Waals surface area (Å²) in [5, 5.41) is 3.17. The number of nitrogens with two attached hydrogens (primary N) is 1. The van der Waals surface area contributed by atoms with Gasteiger partial charge in [-0.2, -0.15) is 40.2 Å². The second kappa shape index (κ2) is 6.54. The number of aryl methyl sites for hydroxylation is 2. The monoisotopic (exact) mass is 438 g/mol. The van der Waals surface area contributed by atoms with Crippen LogP contribution in [0.4, 0.5) is 40.9 Å². The molecule has 0 unspecified atom stereocenters. The molecule has 0 spiro atoms. The Labute approximate surface area is 164 Å². The third kappa shape index (κ3) is 3.65. The molecule has 2 heterocycles. The topological polar surface area (TPSA) is 56.7 Å². The summed E-state index contributed by atoms with van der Waals surface area (Å²) in [6.45, 7) is 2.99. The van der Waals surface area contributed by atoms with Crippen LogP contribution in [-0.2, 0) is 18.3 Å². The van der Waals surface area contributed by atoms with Gasteiger partial charge in [0.2, 0.25) is 0 Å². The quantitative estimate of drug-likeness (QED) is 0.517. The van der Waals surface area contributed by atoms with Crippen LogP contribution in [0, 0.1) is 13.8 Å². The Hall–Kier alpha value is -2.92. The van der Waals surface area contributed by atoms with Gasteiger partial charge in [0.1, 0.15) is 11.5 Å². The van der Waals surface area contributed by atoms with Crippen LogP contribution < -0.4 is 5.73 Å². The van der Waals surface area contributed by atoms with E-state index in [2.05, 4.69) is 10.1 Å². The normalized spacial score (nSPS) is 13.3. The van der Waals surface area contributed by atoms with Crippen LogP contribution in [0.5, 0.6) is 0 Å². The Morgan fingerprint density at radius 3 is 1.83 bits per heavy atom. The van der Waals surface area contributed by atoms with Crippen LogP contribution in [-0.4, -0.2) is 14.8 Å². The van der Waals surface area contributed by atoms with Crippen molar-refractivity contribution in [3.8, 4) is 5.69 Å². The molecule has 0 radical (unpaired) electrons. The lowest BCUT2D eigenvalue weighted by Gasteiger charge is -2.15. The van der Waals surface area contributed by atoms with E-state index in [-0.39, 0.29) is 16.8 Å². The van der Waals surface area contributed by atoms with E-state index >= 15 is 0 Å². The first-order valence-electron chi connectivity index (χ1n) is 8.35. The Morgan fingerprint density at radius 1 is 0.867 bits per heavy atom. The highest BCUT2D eigenvalue weighted by Gasteiger charge is 2.40. The zero-order valence-corrected chi connectivity index (χ0v) is 15.7. The van der Waals surface area contributed by atoms with E-state index in [9.17, 15) is 35.1 Å². The maximum atomic E-state index is 13.7. The van der Waals surface area contributed by atoms with Crippen molar-refractivity contribution in [2.24, 2.45) is 0 Å². The molecule has 12 heteroatoms. The number of nitrogens with zero attached hydrogens (tertiary/aromatic N) is 3. The molecule has 2 aromatic heterocycles. The minimum atomic E-state index is -5.12. The molecule has 0 bridgehead atoms. The number of halogens is 8. The zero-order chi connectivity index (χ0) is 22.8. The van der Waals surface area contributed by atoms with Gasteiger partial charge in [0.15, 0.2) is 5.69 Å². The fraction of sp³-hybridized carbons (Fsp3) is 0.333. The summed E-state index contributed by atoms with van der Waals surface area (Å²) in [5.74, 6) is -4.27. The first-order chi connectivity index (χ1) is 13.5. The van der Waals surface area contributed by atoms with Crippen molar-refractivity contribution in [1.82, 2.24) is 14.8 Å². The van der Waals surface area contributed by atoms with Crippen molar-refractivity contribution < 1.29 is 35.1 Å². The molecule has 0 saturated heterocycles. The van der Waals surface area contributed by atoms with Crippen LogP contribution in [0.2, 0.25) is 0 Å². The van der Waals surface area contributed by atoms with E-state index in [4.69, 9.17) is 5.73 Å². The third-order valence-electron chi connectivity index (χ3n) is 4.44. The van der Waals surface area contributed by atoms with E-state index in [1.54, 1.807) is 0 Å². The number of rotatable bonds is 2. The fourth-order valence-corrected chi connectivity index (χ4v) is 3.18. The molecule has 0 aliphatic rings. The van der Waals surface area contributed by atoms with Gasteiger partial charge in [-0.15, -0.1) is 0 Å². The average Bonchev–Trinajstić information content (AvgIpc) is 2.87. The molecule has 30 heavy (non-hydrogen) atoms. The molecule has 1 aromatic carbocycles. The molecule has 3 aromatic rings. The first kappa shape index (κ1) is 21.8. The molecule has 0 amide bonds. The predicted octanol–water partition coefficient (Wildman–Crippen LogP) is 5.77. The zero-order valence-electron chi connectivity index (χ0n) is 15.7. The SMILES string of the molecule is Cc1cc(C(F)(F)F)cc(C)c1-n1nc2cc(C(C)(F)F)nc(C(F)(F)F)c2c1N. The lowest BCUT2D eigenvalue weighted by atomic mass is 10.0. The predicted molar refractivity (Wildman–Crippen MR) is 92.3 cm³/mol. The minimum absolute atomic E-state index is 0.00892. The number of hydrogen-bond acceptors (Lipinski definition) is 3. The maximum Gasteiger partial charge on any atom is 0.434 e. The van der Waals surface area contributed by atoms with Gasteiger partial charge < -0.3 is 5.73 Å². The Balaban J connectivity index is 2.37. The summed E-state index contributed by atoms with van der Waals surface area (Å²) in [4.78, 5) is 3.05. The Morgan fingerprint density at radius 2 is 1.40 bits per heavy atom. The highest BCUT2D eigenvalue weighted by atomic mass is 19.4. The molecule has 0 aliphatic carbocycles. The number of anilines is 1. The molecule has 0 atom stereocenters. The van der Waals surface area contributed by atoms with Gasteiger partial charge in [-0.05, 0) is 43.2 Å². The van der Waals surface area contributed by atoms with Crippen molar-refractivity contribution in [3.63, 3.8) is 0 Å². The largest absolute Gasteiger partial charge is 0.434 e. The summed E-state index contributed by atoms with van der Waals surface area (Å²) >= 11 is 0. The molecule has 0 fully saturated rings. The van der Waals surface area contributed by atoms with Gasteiger partial charge in [-0.1, -0.05) is 0 Å². The highest BCUT2D eigenvalue weighted by Crippen LogP contribution is 2.40. The number of pyridine rings is 1. The molecule has 3 rings (SSSR count). The summed E-state index contributed by atoms with van der Waals surface area (Å²) in [6.07, 6.45) is -9.75. The van der Waals surface area contributed by atoms with Crippen LogP contribution in [0.15, 0.2) is 18.2 Å². The molecule has 0 aliphatic heterocycles. The molecule has 2 N–H and O–H groups in total. The first-order valence-corrected chi connectivity index (χ1v) is 8.35. The van der Waals surface area contributed by atoms with E-state index in [1.807, 2.05) is 0 Å². The second-order valence-electron chi connectivity index (χ2n) is 6.89. The lowest BCUT2D eigenvalue weighted by molar-refractivity contribution is -0.140. The Kier molecular flexibility index (Phi) is 4.75. The van der Waals surface area contributed by atoms with Crippen molar-refractivity contribution >= 4 is 16.7 Å². The highest BCUT2D eigenvalue weighted by molar-refractivity contribution is 5.93. The molecular weight excluding hydrogens is 424 g/mol. The van der Waals surface area contributed by atoms with Crippen LogP contribution in [0.25, 0.3) is 16.6 Å². The van der Waals surface area contributed by atoms with Crippen LogP contribution in [0.1, 0.15) is 35.0 Å². The fourth-order valence-electron chi connectivity index (χ4n) is 3.18. The minimum Gasteiger partial charge on any atom is -0.383 e. The summed E-state index contributed by atoms with van der Waals surface area (Å²) < 4.78 is 108. The summed E-state index contributed by atoms with van der Waals surface area (Å²) in [5.41, 5.74) is 1.64. The van der Waals surface area contributed by atoms with Crippen molar-refractivity contribution in [1.29, 1.82) is 0 Å². The number of nitrogen functional groups attached to an aromatic ring is 1. The van der Waals surface area contributed by atoms with Gasteiger partial charge in [0.05, 0.1) is 22.2 Å². The van der Waals surface area contributed by atoms with E-state index in [0.29, 0.717) is 13.0 Å². The van der Waals surface area contributed by atoms with Crippen molar-refractivity contribution in [2.45, 2.75) is 39.0 Å². The molecule has 4 nitrogen and oxygen atoms in total. The summed E-state index contributed by atoms with van der Waals surface area (Å²) in [6, 6.07) is 2.26. The van der Waals surface area contributed by atoms with Gasteiger partial charge in [0.25, 0.3) is 5.92 Å². The van der Waals surface area contributed by atoms with Gasteiger partial charge in [-0.25, -0.2) is 9.67 Å². The molecule has 0 saturated carbocycles. The molecule has 162 valence electrons. The standard InChI is InChI=1S/C18H14F8N4/c1-7-4-9(17(21,22)23)5-8(2)13(7)30-15(27)12-10(29-30)6-11(16(3,19)20)28-14(12)18(24,25)26/h4-6H,27H2,1-3H3. The smallest absolute Gasteiger partial charge is 0.383 e. The number of hydrogen-bond donors (Lipinski definition) is 1. The van der Waals surface area contributed by atoms with Gasteiger partial charge in [-0.3, -0.25) is 0 Å². The van der Waals surface area contributed by atoms with Crippen molar-refractivity contribution in [3.05, 3.63) is 46.3 Å². The average molecular weight is 438 g/mol. The van der Waals surface area contributed by atoms with Crippen LogP contribution in [0.3, 0.4) is 0 Å². The molecular formula is C18H14F8N4. The Bertz CT molecular complexity index is 1110. The number of alkyl halides is 8. The van der Waals surface area contributed by atoms with E-state index in [0.717, 1.165) is 16.8 Å².